The Morgan fingerprint density at radius 1 is 1.16 bits per heavy atom. The van der Waals surface area contributed by atoms with Crippen molar-refractivity contribution in [3.05, 3.63) is 75.1 Å². The minimum absolute atomic E-state index is 0.0328. The Morgan fingerprint density at radius 2 is 1.92 bits per heavy atom. The second-order valence-corrected chi connectivity index (χ2v) is 7.00. The van der Waals surface area contributed by atoms with E-state index >= 15 is 0 Å². The molecule has 126 valence electrons. The third kappa shape index (κ3) is 2.55. The Morgan fingerprint density at radius 3 is 2.68 bits per heavy atom. The van der Waals surface area contributed by atoms with Crippen LogP contribution in [0.3, 0.4) is 0 Å². The number of carbonyl (C=O) groups is 1. The molecule has 3 nitrogen and oxygen atoms in total. The first-order chi connectivity index (χ1) is 12.0. The number of ketones is 1. The summed E-state index contributed by atoms with van der Waals surface area (Å²) in [5, 5.41) is 2.01. The number of rotatable bonds is 2. The topological polar surface area (TPSA) is 42.1 Å². The molecule has 5 heteroatoms. The number of carbonyl (C=O) groups excluding carboxylic acids is 1. The van der Waals surface area contributed by atoms with Crippen molar-refractivity contribution >= 4 is 39.9 Å². The number of ether oxygens (including phenoxy) is 1. The van der Waals surface area contributed by atoms with Crippen LogP contribution in [0.4, 0.5) is 0 Å². The first kappa shape index (κ1) is 16.2. The van der Waals surface area contributed by atoms with Crippen LogP contribution in [-0.2, 0) is 4.79 Å². The van der Waals surface area contributed by atoms with E-state index < -0.39 is 0 Å². The normalized spacial score (nSPS) is 16.7. The number of nitrogens with one attached hydrogen (secondary N) is 1. The number of para-hydroxylation sites is 1. The smallest absolute Gasteiger partial charge is 0.160 e. The molecular formula is C20H15Cl2NO2. The number of benzene rings is 2. The Hall–Kier alpha value is -2.23. The first-order valence-corrected chi connectivity index (χ1v) is 8.67. The van der Waals surface area contributed by atoms with E-state index in [1.165, 1.54) is 0 Å². The molecule has 0 aliphatic carbocycles. The molecule has 4 rings (SSSR count). The highest BCUT2D eigenvalue weighted by Crippen LogP contribution is 2.48. The number of H-pyrrole nitrogens is 1. The van der Waals surface area contributed by atoms with Crippen molar-refractivity contribution in [2.75, 3.05) is 0 Å². The minimum atomic E-state index is -0.284. The molecule has 0 spiro atoms. The van der Waals surface area contributed by atoms with Gasteiger partial charge in [0.25, 0.3) is 0 Å². The number of Topliss-reactive ketones (excluding diaryl/α,β-unsaturated/α-hetero) is 1. The van der Waals surface area contributed by atoms with E-state index in [4.69, 9.17) is 27.9 Å². The number of halogens is 2. The van der Waals surface area contributed by atoms with Crippen LogP contribution in [0.15, 0.2) is 53.9 Å². The fourth-order valence-corrected chi connectivity index (χ4v) is 4.12. The van der Waals surface area contributed by atoms with E-state index in [0.717, 1.165) is 22.0 Å². The molecule has 1 aromatic heterocycles. The fourth-order valence-electron chi connectivity index (χ4n) is 3.58. The Kier molecular flexibility index (Phi) is 3.86. The molecule has 2 heterocycles. The van der Waals surface area contributed by atoms with E-state index in [2.05, 4.69) is 4.98 Å². The number of hydrogen-bond donors (Lipinski definition) is 1. The van der Waals surface area contributed by atoms with E-state index in [1.54, 1.807) is 19.9 Å². The van der Waals surface area contributed by atoms with Crippen LogP contribution in [0.1, 0.15) is 30.9 Å². The van der Waals surface area contributed by atoms with Crippen LogP contribution in [0.25, 0.3) is 10.9 Å². The number of aromatic nitrogens is 1. The highest BCUT2D eigenvalue weighted by molar-refractivity contribution is 6.35. The lowest BCUT2D eigenvalue weighted by atomic mass is 9.80. The molecule has 2 aromatic carbocycles. The maximum atomic E-state index is 12.4. The van der Waals surface area contributed by atoms with E-state index in [1.807, 2.05) is 36.5 Å². The number of allylic oxidation sites excluding steroid dienone is 2. The van der Waals surface area contributed by atoms with Gasteiger partial charge in [-0.05, 0) is 37.6 Å². The van der Waals surface area contributed by atoms with Gasteiger partial charge in [-0.15, -0.1) is 0 Å². The molecule has 0 amide bonds. The van der Waals surface area contributed by atoms with Crippen molar-refractivity contribution < 1.29 is 9.53 Å². The predicted octanol–water partition coefficient (Wildman–Crippen LogP) is 5.86. The van der Waals surface area contributed by atoms with Crippen molar-refractivity contribution in [1.82, 2.24) is 4.98 Å². The van der Waals surface area contributed by atoms with Crippen molar-refractivity contribution in [3.63, 3.8) is 0 Å². The average molecular weight is 372 g/mol. The zero-order chi connectivity index (χ0) is 17.7. The van der Waals surface area contributed by atoms with Gasteiger partial charge >= 0.3 is 0 Å². The van der Waals surface area contributed by atoms with Gasteiger partial charge in [0.2, 0.25) is 0 Å². The molecule has 0 saturated heterocycles. The zero-order valence-electron chi connectivity index (χ0n) is 13.7. The predicted molar refractivity (Wildman–Crippen MR) is 101 cm³/mol. The van der Waals surface area contributed by atoms with Gasteiger partial charge in [0, 0.05) is 39.2 Å². The minimum Gasteiger partial charge on any atom is -0.460 e. The molecule has 25 heavy (non-hydrogen) atoms. The summed E-state index contributed by atoms with van der Waals surface area (Å²) in [4.78, 5) is 15.7. The first-order valence-electron chi connectivity index (χ1n) is 7.92. The monoisotopic (exact) mass is 371 g/mol. The van der Waals surface area contributed by atoms with Crippen molar-refractivity contribution in [2.24, 2.45) is 0 Å². The van der Waals surface area contributed by atoms with Gasteiger partial charge in [0.1, 0.15) is 11.5 Å². The highest BCUT2D eigenvalue weighted by Gasteiger charge is 2.34. The summed E-state index contributed by atoms with van der Waals surface area (Å²) >= 11 is 12.6. The van der Waals surface area contributed by atoms with Gasteiger partial charge in [-0.1, -0.05) is 41.4 Å². The summed E-state index contributed by atoms with van der Waals surface area (Å²) in [6.45, 7) is 3.35. The second-order valence-electron chi connectivity index (χ2n) is 6.16. The molecule has 0 bridgehead atoms. The van der Waals surface area contributed by atoms with Crippen LogP contribution in [0.5, 0.6) is 5.75 Å². The summed E-state index contributed by atoms with van der Waals surface area (Å²) in [6.07, 6.45) is 1.94. The summed E-state index contributed by atoms with van der Waals surface area (Å²) in [5.74, 6) is 0.812. The fraction of sp³-hybridized carbons (Fsp3) is 0.150. The van der Waals surface area contributed by atoms with Gasteiger partial charge in [-0.2, -0.15) is 0 Å². The van der Waals surface area contributed by atoms with Gasteiger partial charge in [-0.3, -0.25) is 4.79 Å². The molecule has 0 saturated carbocycles. The van der Waals surface area contributed by atoms with Gasteiger partial charge < -0.3 is 9.72 Å². The average Bonchev–Trinajstić information content (AvgIpc) is 2.98. The van der Waals surface area contributed by atoms with Crippen LogP contribution in [0.2, 0.25) is 10.0 Å². The summed E-state index contributed by atoms with van der Waals surface area (Å²) in [6, 6.07) is 11.5. The molecule has 0 radical (unpaired) electrons. The molecule has 1 N–H and O–H groups in total. The van der Waals surface area contributed by atoms with E-state index in [-0.39, 0.29) is 11.7 Å². The van der Waals surface area contributed by atoms with Crippen LogP contribution < -0.4 is 4.74 Å². The van der Waals surface area contributed by atoms with Crippen LogP contribution in [-0.4, -0.2) is 10.8 Å². The Balaban J connectivity index is 2.06. The maximum absolute atomic E-state index is 12.4. The maximum Gasteiger partial charge on any atom is 0.160 e. The molecule has 3 aromatic rings. The van der Waals surface area contributed by atoms with Gasteiger partial charge in [0.05, 0.1) is 5.02 Å². The Labute approximate surface area is 155 Å². The van der Waals surface area contributed by atoms with Crippen LogP contribution >= 0.6 is 23.2 Å². The second kappa shape index (κ2) is 5.94. The lowest BCUT2D eigenvalue weighted by Gasteiger charge is -2.29. The van der Waals surface area contributed by atoms with Crippen LogP contribution in [0, 0.1) is 0 Å². The summed E-state index contributed by atoms with van der Waals surface area (Å²) in [5.41, 5.74) is 3.44. The van der Waals surface area contributed by atoms with Gasteiger partial charge in [-0.25, -0.2) is 0 Å². The highest BCUT2D eigenvalue weighted by atomic mass is 35.5. The lowest BCUT2D eigenvalue weighted by Crippen LogP contribution is -2.20. The van der Waals surface area contributed by atoms with Crippen molar-refractivity contribution in [3.8, 4) is 5.75 Å². The van der Waals surface area contributed by atoms with Crippen molar-refractivity contribution in [1.29, 1.82) is 0 Å². The third-order valence-corrected chi connectivity index (χ3v) is 5.08. The van der Waals surface area contributed by atoms with Gasteiger partial charge in [0.15, 0.2) is 5.78 Å². The largest absolute Gasteiger partial charge is 0.460 e. The SMILES string of the molecule is CC(=O)C1=C(C)Oc2c(Cl)cc(Cl)cc2C1c1c[nH]c2ccccc12. The lowest BCUT2D eigenvalue weighted by molar-refractivity contribution is -0.114. The quantitative estimate of drug-likeness (QED) is 0.612. The summed E-state index contributed by atoms with van der Waals surface area (Å²) < 4.78 is 5.89. The molecule has 1 atom stereocenters. The third-order valence-electron chi connectivity index (χ3n) is 4.58. The zero-order valence-corrected chi connectivity index (χ0v) is 15.2. The molecule has 0 fully saturated rings. The number of aromatic amines is 1. The van der Waals surface area contributed by atoms with Crippen molar-refractivity contribution in [2.45, 2.75) is 19.8 Å². The number of hydrogen-bond acceptors (Lipinski definition) is 2. The molecule has 1 aliphatic rings. The molecule has 1 aliphatic heterocycles. The number of fused-ring (bicyclic) bond motifs is 2. The van der Waals surface area contributed by atoms with E-state index in [9.17, 15) is 4.79 Å². The standard InChI is InChI=1S/C20H15Cl2NO2/c1-10(24)18-11(2)25-20-14(7-12(21)8-16(20)22)19(18)15-9-23-17-6-4-3-5-13(15)17/h3-9,19,23H,1-2H3. The summed E-state index contributed by atoms with van der Waals surface area (Å²) in [7, 11) is 0. The Bertz CT molecular complexity index is 1050. The molecular weight excluding hydrogens is 357 g/mol. The molecule has 1 unspecified atom stereocenters. The van der Waals surface area contributed by atoms with E-state index in [0.29, 0.717) is 27.1 Å².